The van der Waals surface area contributed by atoms with Crippen LogP contribution in [0.4, 0.5) is 15.8 Å². The maximum absolute atomic E-state index is 14.7. The molecule has 34 heavy (non-hydrogen) atoms. The number of fused-ring (bicyclic) bond motifs is 1. The number of benzene rings is 3. The predicted octanol–water partition coefficient (Wildman–Crippen LogP) is 4.58. The van der Waals surface area contributed by atoms with E-state index in [0.29, 0.717) is 23.6 Å². The first-order valence-electron chi connectivity index (χ1n) is 11.0. The lowest BCUT2D eigenvalue weighted by Gasteiger charge is -2.32. The van der Waals surface area contributed by atoms with Crippen molar-refractivity contribution < 1.29 is 23.5 Å². The van der Waals surface area contributed by atoms with Crippen LogP contribution in [-0.4, -0.2) is 32.6 Å². The van der Waals surface area contributed by atoms with Gasteiger partial charge in [0.05, 0.1) is 25.5 Å². The molecule has 6 nitrogen and oxygen atoms in total. The van der Waals surface area contributed by atoms with Gasteiger partial charge in [-0.2, -0.15) is 0 Å². The van der Waals surface area contributed by atoms with E-state index in [1.807, 2.05) is 29.2 Å². The Morgan fingerprint density at radius 3 is 2.26 bits per heavy atom. The van der Waals surface area contributed by atoms with E-state index in [-0.39, 0.29) is 17.0 Å². The number of anilines is 2. The highest BCUT2D eigenvalue weighted by Gasteiger charge is 2.44. The molecule has 0 unspecified atom stereocenters. The highest BCUT2D eigenvalue weighted by atomic mass is 19.1. The topological polar surface area (TPSA) is 59.1 Å². The summed E-state index contributed by atoms with van der Waals surface area (Å²) in [5.74, 6) is -0.858. The van der Waals surface area contributed by atoms with E-state index in [4.69, 9.17) is 9.47 Å². The van der Waals surface area contributed by atoms with Crippen molar-refractivity contribution in [2.45, 2.75) is 12.8 Å². The molecule has 172 valence electrons. The molecule has 0 aromatic heterocycles. The minimum absolute atomic E-state index is 0.0734. The molecule has 2 aliphatic heterocycles. The Kier molecular flexibility index (Phi) is 5.53. The van der Waals surface area contributed by atoms with Crippen molar-refractivity contribution in [2.24, 2.45) is 0 Å². The van der Waals surface area contributed by atoms with Gasteiger partial charge in [-0.05, 0) is 54.3 Å². The fraction of sp³-hybridized carbons (Fsp3) is 0.185. The summed E-state index contributed by atoms with van der Waals surface area (Å²) in [6.45, 7) is 0.563. The first-order chi connectivity index (χ1) is 16.5. The lowest BCUT2D eigenvalue weighted by Crippen LogP contribution is -2.37. The lowest BCUT2D eigenvalue weighted by atomic mass is 9.98. The zero-order valence-electron chi connectivity index (χ0n) is 18.9. The third-order valence-electron chi connectivity index (χ3n) is 6.21. The second kappa shape index (κ2) is 8.67. The van der Waals surface area contributed by atoms with Gasteiger partial charge in [-0.25, -0.2) is 9.29 Å². The number of ether oxygens (including phenoxy) is 2. The maximum atomic E-state index is 14.7. The number of rotatable bonds is 5. The summed E-state index contributed by atoms with van der Waals surface area (Å²) < 4.78 is 25.5. The fourth-order valence-corrected chi connectivity index (χ4v) is 4.64. The quantitative estimate of drug-likeness (QED) is 0.524. The van der Waals surface area contributed by atoms with Gasteiger partial charge in [0, 0.05) is 12.2 Å². The number of amides is 2. The highest BCUT2D eigenvalue weighted by Crippen LogP contribution is 2.41. The zero-order valence-corrected chi connectivity index (χ0v) is 18.9. The smallest absolute Gasteiger partial charge is 0.282 e. The second-order valence-corrected chi connectivity index (χ2v) is 8.07. The number of aryl methyl sites for hydroxylation is 1. The molecule has 0 aliphatic carbocycles. The SMILES string of the molecule is COc1ccc(C2=C(N3CCCc4ccccc43)C(=O)N(c3ccccc3F)C2=O)cc1OC. The first-order valence-corrected chi connectivity index (χ1v) is 11.0. The Morgan fingerprint density at radius 1 is 0.824 bits per heavy atom. The van der Waals surface area contributed by atoms with Crippen LogP contribution in [0.5, 0.6) is 11.5 Å². The number of methoxy groups -OCH3 is 2. The van der Waals surface area contributed by atoms with Crippen LogP contribution in [-0.2, 0) is 16.0 Å². The van der Waals surface area contributed by atoms with Gasteiger partial charge in [0.1, 0.15) is 11.5 Å². The maximum Gasteiger partial charge on any atom is 0.282 e. The van der Waals surface area contributed by atoms with Gasteiger partial charge in [-0.15, -0.1) is 0 Å². The molecular weight excluding hydrogens is 435 g/mol. The summed E-state index contributed by atoms with van der Waals surface area (Å²) in [6.07, 6.45) is 1.70. The minimum atomic E-state index is -0.642. The third-order valence-corrected chi connectivity index (χ3v) is 6.21. The van der Waals surface area contributed by atoms with E-state index in [1.165, 1.54) is 32.4 Å². The van der Waals surface area contributed by atoms with Crippen molar-refractivity contribution in [1.82, 2.24) is 0 Å². The van der Waals surface area contributed by atoms with Crippen molar-refractivity contribution in [3.05, 3.63) is 89.4 Å². The lowest BCUT2D eigenvalue weighted by molar-refractivity contribution is -0.120. The number of hydrogen-bond donors (Lipinski definition) is 0. The van der Waals surface area contributed by atoms with Crippen LogP contribution in [0.3, 0.4) is 0 Å². The summed E-state index contributed by atoms with van der Waals surface area (Å²) in [5.41, 5.74) is 2.82. The summed E-state index contributed by atoms with van der Waals surface area (Å²) in [6, 6.07) is 18.7. The monoisotopic (exact) mass is 458 g/mol. The van der Waals surface area contributed by atoms with Crippen LogP contribution in [0, 0.1) is 5.82 Å². The van der Waals surface area contributed by atoms with Crippen molar-refractivity contribution in [3.63, 3.8) is 0 Å². The van der Waals surface area contributed by atoms with Crippen LogP contribution in [0.1, 0.15) is 17.5 Å². The summed E-state index contributed by atoms with van der Waals surface area (Å²) in [5, 5.41) is 0. The molecule has 0 saturated heterocycles. The second-order valence-electron chi connectivity index (χ2n) is 8.07. The molecule has 3 aromatic rings. The van der Waals surface area contributed by atoms with Crippen molar-refractivity contribution in [3.8, 4) is 11.5 Å². The van der Waals surface area contributed by atoms with Gasteiger partial charge >= 0.3 is 0 Å². The van der Waals surface area contributed by atoms with Gasteiger partial charge in [-0.3, -0.25) is 9.59 Å². The predicted molar refractivity (Wildman–Crippen MR) is 127 cm³/mol. The zero-order chi connectivity index (χ0) is 23.8. The van der Waals surface area contributed by atoms with Crippen LogP contribution in [0.2, 0.25) is 0 Å². The Labute approximate surface area is 196 Å². The molecule has 2 amide bonds. The molecular formula is C27H23FN2O4. The number of hydrogen-bond acceptors (Lipinski definition) is 5. The standard InChI is InChI=1S/C27H23FN2O4/c1-33-22-14-13-18(16-23(22)34-2)24-25(29-15-7-9-17-8-3-5-11-20(17)29)27(32)30(26(24)31)21-12-6-4-10-19(21)28/h3-6,8,10-14,16H,7,9,15H2,1-2H3. The van der Waals surface area contributed by atoms with Gasteiger partial charge in [0.25, 0.3) is 11.8 Å². The van der Waals surface area contributed by atoms with E-state index in [1.54, 1.807) is 24.3 Å². The average molecular weight is 458 g/mol. The Balaban J connectivity index is 1.73. The minimum Gasteiger partial charge on any atom is -0.493 e. The summed E-state index contributed by atoms with van der Waals surface area (Å²) in [4.78, 5) is 30.4. The van der Waals surface area contributed by atoms with E-state index in [2.05, 4.69) is 0 Å². The number of para-hydroxylation sites is 2. The number of carbonyl (C=O) groups is 2. The van der Waals surface area contributed by atoms with Gasteiger partial charge < -0.3 is 14.4 Å². The molecule has 7 heteroatoms. The van der Waals surface area contributed by atoms with E-state index in [9.17, 15) is 14.0 Å². The van der Waals surface area contributed by atoms with Crippen molar-refractivity contribution in [1.29, 1.82) is 0 Å². The Morgan fingerprint density at radius 2 is 1.53 bits per heavy atom. The number of nitrogens with zero attached hydrogens (tertiary/aromatic N) is 2. The fourth-order valence-electron chi connectivity index (χ4n) is 4.64. The summed E-state index contributed by atoms with van der Waals surface area (Å²) >= 11 is 0. The first kappa shape index (κ1) is 21.7. The summed E-state index contributed by atoms with van der Waals surface area (Å²) in [7, 11) is 3.03. The molecule has 2 aliphatic rings. The van der Waals surface area contributed by atoms with Crippen LogP contribution in [0.15, 0.2) is 72.4 Å². The molecule has 3 aromatic carbocycles. The number of carbonyl (C=O) groups excluding carboxylic acids is 2. The molecule has 0 N–H and O–H groups in total. The molecule has 5 rings (SSSR count). The van der Waals surface area contributed by atoms with E-state index < -0.39 is 17.6 Å². The average Bonchev–Trinajstić information content (AvgIpc) is 3.13. The van der Waals surface area contributed by atoms with Gasteiger partial charge in [0.15, 0.2) is 11.5 Å². The molecule has 2 heterocycles. The Hall–Kier alpha value is -4.13. The number of imide groups is 1. The van der Waals surface area contributed by atoms with Gasteiger partial charge in [0.2, 0.25) is 0 Å². The highest BCUT2D eigenvalue weighted by molar-refractivity contribution is 6.46. The van der Waals surface area contributed by atoms with Crippen LogP contribution < -0.4 is 19.3 Å². The van der Waals surface area contributed by atoms with Crippen LogP contribution >= 0.6 is 0 Å². The molecule has 0 fully saturated rings. The van der Waals surface area contributed by atoms with Crippen molar-refractivity contribution >= 4 is 28.8 Å². The van der Waals surface area contributed by atoms with Crippen molar-refractivity contribution in [2.75, 3.05) is 30.6 Å². The van der Waals surface area contributed by atoms with E-state index in [0.717, 1.165) is 29.0 Å². The molecule has 0 bridgehead atoms. The van der Waals surface area contributed by atoms with Crippen LogP contribution in [0.25, 0.3) is 5.57 Å². The molecule has 0 radical (unpaired) electrons. The molecule has 0 atom stereocenters. The normalized spacial score (nSPS) is 15.6. The third kappa shape index (κ3) is 3.41. The number of halogens is 1. The molecule has 0 saturated carbocycles. The van der Waals surface area contributed by atoms with E-state index >= 15 is 0 Å². The Bertz CT molecular complexity index is 1330. The largest absolute Gasteiger partial charge is 0.493 e. The van der Waals surface area contributed by atoms with Gasteiger partial charge in [-0.1, -0.05) is 36.4 Å². The molecule has 0 spiro atoms.